The van der Waals surface area contributed by atoms with E-state index < -0.39 is 41.8 Å². The normalized spacial score (nSPS) is 22.3. The molecule has 0 bridgehead atoms. The highest BCUT2D eigenvalue weighted by atomic mass is 16.7. The van der Waals surface area contributed by atoms with Gasteiger partial charge in [-0.25, -0.2) is 9.59 Å². The predicted molar refractivity (Wildman–Crippen MR) is 120 cm³/mol. The van der Waals surface area contributed by atoms with Gasteiger partial charge < -0.3 is 47.8 Å². The van der Waals surface area contributed by atoms with E-state index in [0.717, 1.165) is 6.92 Å². The second kappa shape index (κ2) is 8.64. The van der Waals surface area contributed by atoms with Crippen LogP contribution in [0.5, 0.6) is 23.0 Å². The molecular formula is C23H20O13. The minimum atomic E-state index is -1.64. The zero-order valence-corrected chi connectivity index (χ0v) is 19.1. The highest BCUT2D eigenvalue weighted by Gasteiger charge is 2.40. The molecule has 13 heteroatoms. The number of carbonyl (C=O) groups excluding carboxylic acids is 1. The molecule has 1 aliphatic rings. The first-order valence-electron chi connectivity index (χ1n) is 10.6. The summed E-state index contributed by atoms with van der Waals surface area (Å²) in [5, 5.41) is 30.1. The van der Waals surface area contributed by atoms with Crippen LogP contribution in [0.2, 0.25) is 0 Å². The number of benzene rings is 2. The van der Waals surface area contributed by atoms with Gasteiger partial charge in [-0.15, -0.1) is 0 Å². The molecule has 0 spiro atoms. The van der Waals surface area contributed by atoms with Crippen molar-refractivity contribution >= 4 is 38.7 Å². The van der Waals surface area contributed by atoms with Gasteiger partial charge in [-0.05, 0) is 6.07 Å². The van der Waals surface area contributed by atoms with Gasteiger partial charge in [-0.3, -0.25) is 4.79 Å². The Bertz CT molecular complexity index is 1600. The summed E-state index contributed by atoms with van der Waals surface area (Å²) < 4.78 is 37.8. The van der Waals surface area contributed by atoms with Crippen molar-refractivity contribution in [2.45, 2.75) is 31.5 Å². The number of methoxy groups -OCH3 is 2. The monoisotopic (exact) mass is 504 g/mol. The summed E-state index contributed by atoms with van der Waals surface area (Å²) in [6.45, 7) is 0.822. The molecular weight excluding hydrogens is 484 g/mol. The van der Waals surface area contributed by atoms with Crippen molar-refractivity contribution in [3.05, 3.63) is 33.0 Å². The van der Waals surface area contributed by atoms with Crippen molar-refractivity contribution in [3.63, 3.8) is 0 Å². The fourth-order valence-electron chi connectivity index (χ4n) is 4.25. The van der Waals surface area contributed by atoms with E-state index in [1.54, 1.807) is 0 Å². The maximum absolute atomic E-state index is 13.0. The molecule has 1 fully saturated rings. The van der Waals surface area contributed by atoms with Gasteiger partial charge in [0.05, 0.1) is 31.6 Å². The number of carbonyl (C=O) groups is 1. The third kappa shape index (κ3) is 3.52. The Morgan fingerprint density at radius 2 is 1.42 bits per heavy atom. The standard InChI is InChI=1S/C23H20O13/c1-7(24)33-11-4-8-13-14-9(22(29)35-19(13)17(11)30-2)5-12(18(31-3)20(14)36-21(8)28)34-23-16(27)15(26)10(25)6-32-23/h4-5,10,15-16,23,25-27H,6H2,1-3H3/t10-,15+,16-,23+/m1/s1. The van der Waals surface area contributed by atoms with E-state index >= 15 is 0 Å². The molecule has 0 saturated carbocycles. The van der Waals surface area contributed by atoms with Gasteiger partial charge in [0.1, 0.15) is 18.3 Å². The Labute approximate surface area is 200 Å². The quantitative estimate of drug-likeness (QED) is 0.146. The van der Waals surface area contributed by atoms with Gasteiger partial charge in [0.15, 0.2) is 22.7 Å². The molecule has 0 amide bonds. The van der Waals surface area contributed by atoms with Crippen LogP contribution in [0.1, 0.15) is 6.92 Å². The highest BCUT2D eigenvalue weighted by molar-refractivity contribution is 6.22. The molecule has 13 nitrogen and oxygen atoms in total. The van der Waals surface area contributed by atoms with Gasteiger partial charge >= 0.3 is 17.2 Å². The number of ether oxygens (including phenoxy) is 5. The fraction of sp³-hybridized carbons (Fsp3) is 0.348. The van der Waals surface area contributed by atoms with Gasteiger partial charge in [0.2, 0.25) is 17.8 Å². The highest BCUT2D eigenvalue weighted by Crippen LogP contribution is 2.46. The van der Waals surface area contributed by atoms with E-state index in [4.69, 9.17) is 32.5 Å². The van der Waals surface area contributed by atoms with Crippen molar-refractivity contribution in [1.29, 1.82) is 0 Å². The largest absolute Gasteiger partial charge is 0.490 e. The predicted octanol–water partition coefficient (Wildman–Crippen LogP) is 0.251. The van der Waals surface area contributed by atoms with Gasteiger partial charge in [-0.1, -0.05) is 0 Å². The molecule has 4 atom stereocenters. The SMILES string of the molecule is COc1c(OC(C)=O)cc2c(=O)oc3c(OC)c(O[C@@H]4OC[C@@H](O)[C@H](O)[C@H]4O)cc4c(=O)oc1c2c34. The van der Waals surface area contributed by atoms with Crippen molar-refractivity contribution in [2.24, 2.45) is 0 Å². The number of esters is 1. The molecule has 2 aromatic heterocycles. The first-order valence-corrected chi connectivity index (χ1v) is 10.6. The lowest BCUT2D eigenvalue weighted by atomic mass is 10.0. The van der Waals surface area contributed by atoms with Crippen LogP contribution in [0.3, 0.4) is 0 Å². The van der Waals surface area contributed by atoms with E-state index in [1.165, 1.54) is 26.4 Å². The van der Waals surface area contributed by atoms with E-state index in [9.17, 15) is 29.7 Å². The maximum atomic E-state index is 13.0. The van der Waals surface area contributed by atoms with Gasteiger partial charge in [0, 0.05) is 23.8 Å². The van der Waals surface area contributed by atoms with Crippen LogP contribution in [0.25, 0.3) is 32.7 Å². The average Bonchev–Trinajstić information content (AvgIpc) is 2.83. The molecule has 4 aromatic rings. The van der Waals surface area contributed by atoms with Crippen molar-refractivity contribution in [1.82, 2.24) is 0 Å². The fourth-order valence-corrected chi connectivity index (χ4v) is 4.25. The Hall–Kier alpha value is -3.91. The molecule has 2 aromatic carbocycles. The number of hydrogen-bond donors (Lipinski definition) is 3. The average molecular weight is 504 g/mol. The first kappa shape index (κ1) is 23.8. The van der Waals surface area contributed by atoms with E-state index in [-0.39, 0.29) is 62.3 Å². The Morgan fingerprint density at radius 1 is 0.889 bits per heavy atom. The molecule has 190 valence electrons. The minimum Gasteiger partial charge on any atom is -0.490 e. The first-order chi connectivity index (χ1) is 17.2. The van der Waals surface area contributed by atoms with Crippen LogP contribution in [0, 0.1) is 0 Å². The van der Waals surface area contributed by atoms with Crippen LogP contribution in [-0.4, -0.2) is 66.7 Å². The third-order valence-electron chi connectivity index (χ3n) is 5.84. The summed E-state index contributed by atoms with van der Waals surface area (Å²) in [4.78, 5) is 37.6. The summed E-state index contributed by atoms with van der Waals surface area (Å²) in [7, 11) is 2.53. The molecule has 0 aliphatic carbocycles. The molecule has 5 rings (SSSR count). The summed E-state index contributed by atoms with van der Waals surface area (Å²) in [5.74, 6) is -1.21. The van der Waals surface area contributed by atoms with Crippen LogP contribution >= 0.6 is 0 Å². The van der Waals surface area contributed by atoms with Crippen LogP contribution in [0.4, 0.5) is 0 Å². The zero-order chi connectivity index (χ0) is 25.9. The lowest BCUT2D eigenvalue weighted by molar-refractivity contribution is -0.242. The third-order valence-corrected chi connectivity index (χ3v) is 5.84. The maximum Gasteiger partial charge on any atom is 0.344 e. The van der Waals surface area contributed by atoms with Crippen LogP contribution in [0.15, 0.2) is 30.6 Å². The molecule has 36 heavy (non-hydrogen) atoms. The second-order valence-corrected chi connectivity index (χ2v) is 8.06. The van der Waals surface area contributed by atoms with Crippen molar-refractivity contribution in [3.8, 4) is 23.0 Å². The lowest BCUT2D eigenvalue weighted by Gasteiger charge is -2.35. The van der Waals surface area contributed by atoms with Crippen LogP contribution in [-0.2, 0) is 9.53 Å². The summed E-state index contributed by atoms with van der Waals surface area (Å²) in [5.41, 5.74) is -2.08. The van der Waals surface area contributed by atoms with Gasteiger partial charge in [-0.2, -0.15) is 0 Å². The smallest absolute Gasteiger partial charge is 0.344 e. The molecule has 3 N–H and O–H groups in total. The zero-order valence-electron chi connectivity index (χ0n) is 19.1. The number of aliphatic hydroxyl groups excluding tert-OH is 3. The Balaban J connectivity index is 1.80. The summed E-state index contributed by atoms with van der Waals surface area (Å²) >= 11 is 0. The van der Waals surface area contributed by atoms with Gasteiger partial charge in [0.25, 0.3) is 0 Å². The molecule has 1 aliphatic heterocycles. The van der Waals surface area contributed by atoms with E-state index in [1.807, 2.05) is 0 Å². The minimum absolute atomic E-state index is 0.0535. The topological polar surface area (TPSA) is 184 Å². The molecule has 0 unspecified atom stereocenters. The van der Waals surface area contributed by atoms with E-state index in [2.05, 4.69) is 0 Å². The number of aliphatic hydroxyl groups is 3. The molecule has 1 saturated heterocycles. The molecule has 0 radical (unpaired) electrons. The summed E-state index contributed by atoms with van der Waals surface area (Å²) in [6, 6.07) is 2.48. The van der Waals surface area contributed by atoms with Crippen molar-refractivity contribution in [2.75, 3.05) is 20.8 Å². The van der Waals surface area contributed by atoms with Crippen molar-refractivity contribution < 1.29 is 52.6 Å². The Kier molecular flexibility index (Phi) is 5.71. The summed E-state index contributed by atoms with van der Waals surface area (Å²) in [6.07, 6.45) is -5.97. The van der Waals surface area contributed by atoms with Crippen LogP contribution < -0.4 is 30.2 Å². The number of rotatable bonds is 5. The molecule has 3 heterocycles. The second-order valence-electron chi connectivity index (χ2n) is 8.06. The Morgan fingerprint density at radius 3 is 1.94 bits per heavy atom. The lowest BCUT2D eigenvalue weighted by Crippen LogP contribution is -2.54. The number of hydrogen-bond acceptors (Lipinski definition) is 13. The van der Waals surface area contributed by atoms with E-state index in [0.29, 0.717) is 0 Å².